The van der Waals surface area contributed by atoms with Gasteiger partial charge in [-0.15, -0.1) is 22.7 Å². The molecule has 0 spiro atoms. The third kappa shape index (κ3) is 4.69. The van der Waals surface area contributed by atoms with E-state index in [1.54, 1.807) is 12.3 Å². The zero-order valence-corrected chi connectivity index (χ0v) is 17.7. The third-order valence-corrected chi connectivity index (χ3v) is 7.14. The highest BCUT2D eigenvalue weighted by Crippen LogP contribution is 2.33. The predicted octanol–water partition coefficient (Wildman–Crippen LogP) is 3.54. The lowest BCUT2D eigenvalue weighted by Crippen LogP contribution is -2.23. The summed E-state index contributed by atoms with van der Waals surface area (Å²) in [6.07, 6.45) is -0.178. The molecule has 3 rings (SSSR count). The smallest absolute Gasteiger partial charge is 0.390 e. The Morgan fingerprint density at radius 2 is 1.87 bits per heavy atom. The standard InChI is InChI=1S/C17H14F3N3O4S3/c1-9-21-12(7-24)15(29-9)13-8-28-16(22-13)23-14(25)6-10-2-4-11(5-3-10)30(26,27)17(18,19)20/h2-5,8,24H,6-7H2,1H3,(H,22,23,25). The van der Waals surface area contributed by atoms with E-state index in [0.717, 1.165) is 29.3 Å². The van der Waals surface area contributed by atoms with Crippen molar-refractivity contribution in [2.24, 2.45) is 0 Å². The molecule has 0 unspecified atom stereocenters. The van der Waals surface area contributed by atoms with Gasteiger partial charge in [0.05, 0.1) is 39.2 Å². The number of anilines is 1. The monoisotopic (exact) mass is 477 g/mol. The lowest BCUT2D eigenvalue weighted by Gasteiger charge is -2.08. The summed E-state index contributed by atoms with van der Waals surface area (Å²) in [5, 5.41) is 14.7. The average Bonchev–Trinajstić information content (AvgIpc) is 3.27. The van der Waals surface area contributed by atoms with Crippen LogP contribution in [0.25, 0.3) is 10.6 Å². The molecule has 0 saturated heterocycles. The van der Waals surface area contributed by atoms with Gasteiger partial charge in [-0.3, -0.25) is 4.79 Å². The van der Waals surface area contributed by atoms with Crippen LogP contribution in [0.15, 0.2) is 34.5 Å². The van der Waals surface area contributed by atoms with Crippen molar-refractivity contribution in [2.75, 3.05) is 5.32 Å². The van der Waals surface area contributed by atoms with Gasteiger partial charge < -0.3 is 10.4 Å². The topological polar surface area (TPSA) is 109 Å². The largest absolute Gasteiger partial charge is 0.501 e. The number of amides is 1. The number of sulfone groups is 1. The van der Waals surface area contributed by atoms with Crippen LogP contribution in [-0.2, 0) is 27.7 Å². The number of aromatic nitrogens is 2. The van der Waals surface area contributed by atoms with Gasteiger partial charge in [0.15, 0.2) is 5.13 Å². The molecule has 3 aromatic rings. The van der Waals surface area contributed by atoms with Gasteiger partial charge in [0.2, 0.25) is 5.91 Å². The molecule has 7 nitrogen and oxygen atoms in total. The van der Waals surface area contributed by atoms with E-state index in [-0.39, 0.29) is 13.0 Å². The number of halogens is 3. The number of aryl methyl sites for hydroxylation is 1. The summed E-state index contributed by atoms with van der Waals surface area (Å²) < 4.78 is 60.4. The van der Waals surface area contributed by atoms with Gasteiger partial charge in [-0.05, 0) is 24.6 Å². The number of thiazole rings is 2. The maximum Gasteiger partial charge on any atom is 0.501 e. The molecule has 30 heavy (non-hydrogen) atoms. The van der Waals surface area contributed by atoms with Crippen molar-refractivity contribution in [1.82, 2.24) is 9.97 Å². The fourth-order valence-electron chi connectivity index (χ4n) is 2.48. The van der Waals surface area contributed by atoms with E-state index in [1.807, 2.05) is 0 Å². The zero-order valence-electron chi connectivity index (χ0n) is 15.2. The maximum absolute atomic E-state index is 12.6. The minimum atomic E-state index is -5.43. The first kappa shape index (κ1) is 22.3. The van der Waals surface area contributed by atoms with E-state index in [2.05, 4.69) is 15.3 Å². The lowest BCUT2D eigenvalue weighted by molar-refractivity contribution is -0.115. The third-order valence-electron chi connectivity index (χ3n) is 3.84. The Hall–Kier alpha value is -2.35. The van der Waals surface area contributed by atoms with Crippen LogP contribution in [-0.4, -0.2) is 34.9 Å². The van der Waals surface area contributed by atoms with Crippen molar-refractivity contribution in [3.8, 4) is 10.6 Å². The molecule has 0 aliphatic heterocycles. The maximum atomic E-state index is 12.6. The molecule has 0 bridgehead atoms. The number of nitrogens with zero attached hydrogens (tertiary/aromatic N) is 2. The first-order valence-electron chi connectivity index (χ1n) is 8.24. The van der Waals surface area contributed by atoms with Gasteiger partial charge >= 0.3 is 5.51 Å². The van der Waals surface area contributed by atoms with Crippen molar-refractivity contribution in [2.45, 2.75) is 30.4 Å². The van der Waals surface area contributed by atoms with Crippen LogP contribution < -0.4 is 5.32 Å². The highest BCUT2D eigenvalue weighted by molar-refractivity contribution is 7.92. The molecule has 0 fully saturated rings. The SMILES string of the molecule is Cc1nc(CO)c(-c2csc(NC(=O)Cc3ccc(S(=O)(=O)C(F)(F)F)cc3)n2)s1. The Labute approximate surface area is 177 Å². The van der Waals surface area contributed by atoms with Crippen molar-refractivity contribution in [1.29, 1.82) is 0 Å². The molecule has 1 amide bonds. The van der Waals surface area contributed by atoms with E-state index in [4.69, 9.17) is 0 Å². The highest BCUT2D eigenvalue weighted by atomic mass is 32.2. The molecule has 0 aliphatic carbocycles. The van der Waals surface area contributed by atoms with Gasteiger partial charge in [-0.2, -0.15) is 13.2 Å². The number of hydrogen-bond donors (Lipinski definition) is 2. The van der Waals surface area contributed by atoms with Crippen LogP contribution in [0.3, 0.4) is 0 Å². The molecule has 0 saturated carbocycles. The number of carbonyl (C=O) groups excluding carboxylic acids is 1. The summed E-state index contributed by atoms with van der Waals surface area (Å²) in [7, 11) is -5.43. The zero-order chi connectivity index (χ0) is 22.1. The second-order valence-corrected chi connectivity index (χ2v) is 10.0. The van der Waals surface area contributed by atoms with Crippen LogP contribution in [0.2, 0.25) is 0 Å². The van der Waals surface area contributed by atoms with Gasteiger partial charge in [0.1, 0.15) is 0 Å². The molecule has 2 heterocycles. The molecule has 2 aromatic heterocycles. The number of hydrogen-bond acceptors (Lipinski definition) is 8. The van der Waals surface area contributed by atoms with Crippen LogP contribution in [0.4, 0.5) is 18.3 Å². The van der Waals surface area contributed by atoms with E-state index in [9.17, 15) is 31.5 Å². The fraction of sp³-hybridized carbons (Fsp3) is 0.235. The number of aliphatic hydroxyl groups is 1. The van der Waals surface area contributed by atoms with E-state index < -0.39 is 26.1 Å². The number of carbonyl (C=O) groups is 1. The van der Waals surface area contributed by atoms with Crippen LogP contribution >= 0.6 is 22.7 Å². The molecule has 13 heteroatoms. The number of rotatable bonds is 6. The van der Waals surface area contributed by atoms with Crippen LogP contribution in [0.5, 0.6) is 0 Å². The highest BCUT2D eigenvalue weighted by Gasteiger charge is 2.46. The Bertz CT molecular complexity index is 1170. The average molecular weight is 478 g/mol. The molecule has 0 aliphatic rings. The molecule has 2 N–H and O–H groups in total. The summed E-state index contributed by atoms with van der Waals surface area (Å²) >= 11 is 2.53. The number of alkyl halides is 3. The van der Waals surface area contributed by atoms with Crippen molar-refractivity contribution in [3.05, 3.63) is 45.9 Å². The minimum absolute atomic E-state index is 0.178. The lowest BCUT2D eigenvalue weighted by atomic mass is 10.1. The quantitative estimate of drug-likeness (QED) is 0.562. The molecular weight excluding hydrogens is 463 g/mol. The predicted molar refractivity (Wildman–Crippen MR) is 106 cm³/mol. The first-order valence-corrected chi connectivity index (χ1v) is 11.4. The van der Waals surface area contributed by atoms with Crippen LogP contribution in [0, 0.1) is 6.92 Å². The second kappa shape index (κ2) is 8.41. The molecule has 1 aromatic carbocycles. The van der Waals surface area contributed by atoms with E-state index in [0.29, 0.717) is 27.0 Å². The van der Waals surface area contributed by atoms with Gasteiger partial charge in [0, 0.05) is 5.38 Å². The molecule has 0 radical (unpaired) electrons. The second-order valence-electron chi connectivity index (χ2n) is 6.02. The summed E-state index contributed by atoms with van der Waals surface area (Å²) in [6.45, 7) is 1.56. The Balaban J connectivity index is 1.67. The van der Waals surface area contributed by atoms with Crippen molar-refractivity contribution >= 4 is 43.5 Å². The van der Waals surface area contributed by atoms with Gasteiger partial charge in [0.25, 0.3) is 9.84 Å². The van der Waals surface area contributed by atoms with Gasteiger partial charge in [-0.25, -0.2) is 18.4 Å². The number of aliphatic hydroxyl groups excluding tert-OH is 1. The molecule has 0 atom stereocenters. The van der Waals surface area contributed by atoms with Crippen LogP contribution in [0.1, 0.15) is 16.3 Å². The molecular formula is C17H14F3N3O4S3. The first-order chi connectivity index (χ1) is 14.0. The minimum Gasteiger partial charge on any atom is -0.390 e. The van der Waals surface area contributed by atoms with Crippen molar-refractivity contribution < 1.29 is 31.5 Å². The van der Waals surface area contributed by atoms with E-state index in [1.165, 1.54) is 22.7 Å². The van der Waals surface area contributed by atoms with Gasteiger partial charge in [-0.1, -0.05) is 12.1 Å². The van der Waals surface area contributed by atoms with E-state index >= 15 is 0 Å². The molecule has 160 valence electrons. The Morgan fingerprint density at radius 1 is 1.20 bits per heavy atom. The summed E-state index contributed by atoms with van der Waals surface area (Å²) in [5.74, 6) is -0.467. The Kier molecular flexibility index (Phi) is 6.26. The normalized spacial score (nSPS) is 12.2. The fourth-order valence-corrected chi connectivity index (χ4v) is 4.92. The Morgan fingerprint density at radius 3 is 2.47 bits per heavy atom. The summed E-state index contributed by atoms with van der Waals surface area (Å²) in [5.41, 5.74) is -3.99. The summed E-state index contributed by atoms with van der Waals surface area (Å²) in [6, 6.07) is 3.93. The van der Waals surface area contributed by atoms with Crippen molar-refractivity contribution in [3.63, 3.8) is 0 Å². The summed E-state index contributed by atoms with van der Waals surface area (Å²) in [4.78, 5) is 20.5. The number of benzene rings is 1. The number of nitrogens with one attached hydrogen (secondary N) is 1.